The van der Waals surface area contributed by atoms with Gasteiger partial charge >= 0.3 is 0 Å². The summed E-state index contributed by atoms with van der Waals surface area (Å²) in [5.74, 6) is 0. The number of hydrogen-bond acceptors (Lipinski definition) is 2. The van der Waals surface area contributed by atoms with Gasteiger partial charge in [0.25, 0.3) is 0 Å². The lowest BCUT2D eigenvalue weighted by Gasteiger charge is -1.95. The number of halogens is 1. The Morgan fingerprint density at radius 1 is 1.31 bits per heavy atom. The van der Waals surface area contributed by atoms with Crippen LogP contribution in [-0.4, -0.2) is 15.2 Å². The monoisotopic (exact) mass is 193 g/mol. The zero-order valence-electron chi connectivity index (χ0n) is 7.08. The van der Waals surface area contributed by atoms with E-state index in [1.165, 1.54) is 0 Å². The molecule has 66 valence electrons. The van der Waals surface area contributed by atoms with E-state index in [4.69, 9.17) is 11.6 Å². The molecule has 4 heteroatoms. The molecule has 0 amide bonds. The number of hydrogen-bond donors (Lipinski definition) is 1. The Labute approximate surface area is 80.8 Å². The van der Waals surface area contributed by atoms with Crippen molar-refractivity contribution >= 4 is 11.6 Å². The molecule has 0 bridgehead atoms. The first-order valence-corrected chi connectivity index (χ1v) is 4.27. The standard InChI is InChI=1S/C9H8ClN3/c1-6-8(10)9(13-12-6)7-2-4-11-5-3-7/h2-5H,1H3,(H,12,13). The number of aromatic amines is 1. The predicted molar refractivity (Wildman–Crippen MR) is 51.6 cm³/mol. The minimum atomic E-state index is 0.672. The van der Waals surface area contributed by atoms with Crippen LogP contribution in [0.25, 0.3) is 11.3 Å². The lowest BCUT2D eigenvalue weighted by molar-refractivity contribution is 1.05. The van der Waals surface area contributed by atoms with Crippen LogP contribution in [0.5, 0.6) is 0 Å². The molecular weight excluding hydrogens is 186 g/mol. The molecule has 2 heterocycles. The molecule has 2 aromatic heterocycles. The highest BCUT2D eigenvalue weighted by Gasteiger charge is 2.08. The van der Waals surface area contributed by atoms with Gasteiger partial charge in [0.1, 0.15) is 0 Å². The molecule has 0 aromatic carbocycles. The van der Waals surface area contributed by atoms with Crippen molar-refractivity contribution in [3.05, 3.63) is 35.2 Å². The number of nitrogens with one attached hydrogen (secondary N) is 1. The van der Waals surface area contributed by atoms with Crippen molar-refractivity contribution in [2.24, 2.45) is 0 Å². The molecule has 13 heavy (non-hydrogen) atoms. The first kappa shape index (κ1) is 8.26. The summed E-state index contributed by atoms with van der Waals surface area (Å²) in [6, 6.07) is 3.78. The molecule has 0 aliphatic rings. The van der Waals surface area contributed by atoms with Crippen LogP contribution in [0.1, 0.15) is 5.69 Å². The van der Waals surface area contributed by atoms with Crippen LogP contribution in [0.4, 0.5) is 0 Å². The van der Waals surface area contributed by atoms with Crippen molar-refractivity contribution in [3.8, 4) is 11.3 Å². The molecule has 0 spiro atoms. The van der Waals surface area contributed by atoms with Crippen LogP contribution in [0.2, 0.25) is 5.02 Å². The molecular formula is C9H8ClN3. The number of aryl methyl sites for hydroxylation is 1. The maximum atomic E-state index is 6.03. The van der Waals surface area contributed by atoms with Gasteiger partial charge in [0.2, 0.25) is 0 Å². The second-order valence-corrected chi connectivity index (χ2v) is 3.11. The molecule has 0 saturated heterocycles. The summed E-state index contributed by atoms with van der Waals surface area (Å²) < 4.78 is 0. The van der Waals surface area contributed by atoms with Gasteiger partial charge in [-0.15, -0.1) is 0 Å². The Morgan fingerprint density at radius 3 is 2.54 bits per heavy atom. The van der Waals surface area contributed by atoms with Gasteiger partial charge in [-0.3, -0.25) is 10.1 Å². The number of aromatic nitrogens is 3. The topological polar surface area (TPSA) is 41.6 Å². The van der Waals surface area contributed by atoms with Crippen molar-refractivity contribution < 1.29 is 0 Å². The van der Waals surface area contributed by atoms with Gasteiger partial charge in [-0.25, -0.2) is 0 Å². The van der Waals surface area contributed by atoms with Crippen molar-refractivity contribution in [2.45, 2.75) is 6.92 Å². The molecule has 0 aliphatic carbocycles. The van der Waals surface area contributed by atoms with Gasteiger partial charge in [0.05, 0.1) is 16.4 Å². The van der Waals surface area contributed by atoms with E-state index in [1.54, 1.807) is 12.4 Å². The second-order valence-electron chi connectivity index (χ2n) is 2.73. The van der Waals surface area contributed by atoms with Gasteiger partial charge < -0.3 is 0 Å². The third-order valence-corrected chi connectivity index (χ3v) is 2.30. The van der Waals surface area contributed by atoms with Crippen LogP contribution >= 0.6 is 11.6 Å². The van der Waals surface area contributed by atoms with Crippen molar-refractivity contribution in [3.63, 3.8) is 0 Å². The second kappa shape index (κ2) is 3.18. The SMILES string of the molecule is Cc1n[nH]c(-c2ccncc2)c1Cl. The van der Waals surface area contributed by atoms with E-state index >= 15 is 0 Å². The summed E-state index contributed by atoms with van der Waals surface area (Å²) in [7, 11) is 0. The molecule has 0 atom stereocenters. The van der Waals surface area contributed by atoms with Crippen LogP contribution in [0.3, 0.4) is 0 Å². The van der Waals surface area contributed by atoms with Gasteiger partial charge in [-0.05, 0) is 19.1 Å². The smallest absolute Gasteiger partial charge is 0.0892 e. The fourth-order valence-electron chi connectivity index (χ4n) is 1.13. The van der Waals surface area contributed by atoms with Crippen molar-refractivity contribution in [1.82, 2.24) is 15.2 Å². The predicted octanol–water partition coefficient (Wildman–Crippen LogP) is 2.43. The Kier molecular flexibility index (Phi) is 2.02. The summed E-state index contributed by atoms with van der Waals surface area (Å²) in [6.07, 6.45) is 3.45. The highest BCUT2D eigenvalue weighted by molar-refractivity contribution is 6.33. The maximum Gasteiger partial charge on any atom is 0.0892 e. The summed E-state index contributed by atoms with van der Waals surface area (Å²) in [5, 5.41) is 7.57. The van der Waals surface area contributed by atoms with Gasteiger partial charge in [0.15, 0.2) is 0 Å². The van der Waals surface area contributed by atoms with Gasteiger partial charge in [0, 0.05) is 18.0 Å². The van der Waals surface area contributed by atoms with Crippen LogP contribution in [0.15, 0.2) is 24.5 Å². The van der Waals surface area contributed by atoms with E-state index < -0.39 is 0 Å². The Morgan fingerprint density at radius 2 is 2.00 bits per heavy atom. The first-order valence-electron chi connectivity index (χ1n) is 3.90. The fraction of sp³-hybridized carbons (Fsp3) is 0.111. The first-order chi connectivity index (χ1) is 6.29. The van der Waals surface area contributed by atoms with Gasteiger partial charge in [-0.1, -0.05) is 11.6 Å². The molecule has 2 aromatic rings. The Balaban J connectivity index is 2.53. The summed E-state index contributed by atoms with van der Waals surface area (Å²) >= 11 is 6.03. The van der Waals surface area contributed by atoms with Gasteiger partial charge in [-0.2, -0.15) is 5.10 Å². The zero-order chi connectivity index (χ0) is 9.26. The molecule has 0 unspecified atom stereocenters. The zero-order valence-corrected chi connectivity index (χ0v) is 7.84. The minimum Gasteiger partial charge on any atom is -0.276 e. The van der Waals surface area contributed by atoms with E-state index in [1.807, 2.05) is 19.1 Å². The highest BCUT2D eigenvalue weighted by atomic mass is 35.5. The lowest BCUT2D eigenvalue weighted by Crippen LogP contribution is -1.78. The fourth-order valence-corrected chi connectivity index (χ4v) is 1.32. The summed E-state index contributed by atoms with van der Waals surface area (Å²) in [4.78, 5) is 3.93. The largest absolute Gasteiger partial charge is 0.276 e. The summed E-state index contributed by atoms with van der Waals surface area (Å²) in [6.45, 7) is 1.86. The molecule has 0 radical (unpaired) electrons. The third-order valence-electron chi connectivity index (χ3n) is 1.84. The lowest BCUT2D eigenvalue weighted by atomic mass is 10.2. The number of H-pyrrole nitrogens is 1. The maximum absolute atomic E-state index is 6.03. The Hall–Kier alpha value is -1.35. The molecule has 0 saturated carbocycles. The molecule has 0 fully saturated rings. The number of rotatable bonds is 1. The van der Waals surface area contributed by atoms with Crippen molar-refractivity contribution in [2.75, 3.05) is 0 Å². The molecule has 3 nitrogen and oxygen atoms in total. The minimum absolute atomic E-state index is 0.672. The summed E-state index contributed by atoms with van der Waals surface area (Å²) in [5.41, 5.74) is 2.66. The number of pyridine rings is 1. The van der Waals surface area contributed by atoms with Crippen LogP contribution < -0.4 is 0 Å². The van der Waals surface area contributed by atoms with E-state index in [0.717, 1.165) is 17.0 Å². The average Bonchev–Trinajstić information content (AvgIpc) is 2.49. The number of nitrogens with zero attached hydrogens (tertiary/aromatic N) is 2. The van der Waals surface area contributed by atoms with Crippen molar-refractivity contribution in [1.29, 1.82) is 0 Å². The van der Waals surface area contributed by atoms with E-state index in [2.05, 4.69) is 15.2 Å². The average molecular weight is 194 g/mol. The van der Waals surface area contributed by atoms with Crippen LogP contribution in [0, 0.1) is 6.92 Å². The highest BCUT2D eigenvalue weighted by Crippen LogP contribution is 2.26. The van der Waals surface area contributed by atoms with Crippen LogP contribution in [-0.2, 0) is 0 Å². The van der Waals surface area contributed by atoms with E-state index in [0.29, 0.717) is 5.02 Å². The normalized spacial score (nSPS) is 10.3. The van der Waals surface area contributed by atoms with E-state index in [9.17, 15) is 0 Å². The Bertz CT molecular complexity index is 408. The molecule has 2 rings (SSSR count). The quantitative estimate of drug-likeness (QED) is 0.756. The third kappa shape index (κ3) is 1.42. The molecule has 0 aliphatic heterocycles. The van der Waals surface area contributed by atoms with E-state index in [-0.39, 0.29) is 0 Å². The molecule has 1 N–H and O–H groups in total.